The van der Waals surface area contributed by atoms with Crippen molar-refractivity contribution in [2.75, 3.05) is 6.61 Å². The van der Waals surface area contributed by atoms with E-state index in [4.69, 9.17) is 0 Å². The van der Waals surface area contributed by atoms with Crippen LogP contribution in [0.5, 0.6) is 0 Å². The van der Waals surface area contributed by atoms with Crippen molar-refractivity contribution in [3.05, 3.63) is 71.8 Å². The average molecular weight is 511 g/mol. The number of aliphatic hydroxyl groups excluding tert-OH is 2. The van der Waals surface area contributed by atoms with Crippen LogP contribution in [0, 0.1) is 0 Å². The third-order valence-electron chi connectivity index (χ3n) is 8.25. The third-order valence-corrected chi connectivity index (χ3v) is 8.25. The van der Waals surface area contributed by atoms with Crippen LogP contribution in [0.2, 0.25) is 0 Å². The maximum Gasteiger partial charge on any atom is 0.303 e. The lowest BCUT2D eigenvalue weighted by Crippen LogP contribution is -2.23. The Morgan fingerprint density at radius 1 is 0.676 bits per heavy atom. The summed E-state index contributed by atoms with van der Waals surface area (Å²) in [6.07, 6.45) is 12.6. The summed E-state index contributed by atoms with van der Waals surface area (Å²) in [7, 11) is 0. The zero-order chi connectivity index (χ0) is 27.0. The third kappa shape index (κ3) is 11.4. The Balaban J connectivity index is 1.66. The van der Waals surface area contributed by atoms with Crippen molar-refractivity contribution in [3.63, 3.8) is 0 Å². The Morgan fingerprint density at radius 2 is 1.11 bits per heavy atom. The lowest BCUT2D eigenvalue weighted by Gasteiger charge is -2.30. The summed E-state index contributed by atoms with van der Waals surface area (Å²) in [4.78, 5) is 11.2. The van der Waals surface area contributed by atoms with E-state index < -0.39 is 5.97 Å². The SMILES string of the molecule is CC(CCCO)(CCCCCC(O)CCCCCC(C)(CCC(=O)O)c1ccccc1)c1ccccc1. The molecule has 206 valence electrons. The molecule has 3 N–H and O–H groups in total. The second-order valence-corrected chi connectivity index (χ2v) is 11.4. The molecular weight excluding hydrogens is 460 g/mol. The quantitative estimate of drug-likeness (QED) is 0.159. The number of rotatable bonds is 20. The molecule has 0 amide bonds. The van der Waals surface area contributed by atoms with Crippen LogP contribution >= 0.6 is 0 Å². The van der Waals surface area contributed by atoms with E-state index in [9.17, 15) is 20.1 Å². The number of carboxylic acids is 1. The number of aliphatic carboxylic acids is 1. The fourth-order valence-corrected chi connectivity index (χ4v) is 5.65. The number of aliphatic hydroxyl groups is 2. The Hall–Kier alpha value is -2.17. The Kier molecular flexibility index (Phi) is 14.0. The molecule has 0 aliphatic heterocycles. The summed E-state index contributed by atoms with van der Waals surface area (Å²) in [6, 6.07) is 20.9. The van der Waals surface area contributed by atoms with E-state index in [1.807, 2.05) is 18.2 Å². The van der Waals surface area contributed by atoms with Gasteiger partial charge in [-0.3, -0.25) is 4.79 Å². The number of benzene rings is 2. The van der Waals surface area contributed by atoms with Crippen LogP contribution in [0.15, 0.2) is 60.7 Å². The molecule has 2 aromatic rings. The molecule has 0 saturated carbocycles. The molecule has 2 rings (SSSR count). The minimum atomic E-state index is -0.736. The van der Waals surface area contributed by atoms with Gasteiger partial charge >= 0.3 is 5.97 Å². The van der Waals surface area contributed by atoms with Crippen LogP contribution in [-0.4, -0.2) is 34.0 Å². The van der Waals surface area contributed by atoms with Crippen LogP contribution in [0.25, 0.3) is 0 Å². The van der Waals surface area contributed by atoms with Crippen molar-refractivity contribution in [3.8, 4) is 0 Å². The highest BCUT2D eigenvalue weighted by molar-refractivity contribution is 5.66. The first kappa shape index (κ1) is 31.1. The summed E-state index contributed by atoms with van der Waals surface area (Å²) in [6.45, 7) is 4.74. The second-order valence-electron chi connectivity index (χ2n) is 11.4. The zero-order valence-corrected chi connectivity index (χ0v) is 23.2. The topological polar surface area (TPSA) is 77.8 Å². The highest BCUT2D eigenvalue weighted by atomic mass is 16.4. The number of carbonyl (C=O) groups is 1. The predicted octanol–water partition coefficient (Wildman–Crippen LogP) is 7.80. The predicted molar refractivity (Wildman–Crippen MR) is 153 cm³/mol. The maximum absolute atomic E-state index is 11.2. The van der Waals surface area contributed by atoms with Gasteiger partial charge in [-0.05, 0) is 66.9 Å². The first-order valence-electron chi connectivity index (χ1n) is 14.4. The molecule has 3 atom stereocenters. The van der Waals surface area contributed by atoms with Gasteiger partial charge in [0.05, 0.1) is 6.10 Å². The molecule has 4 heteroatoms. The van der Waals surface area contributed by atoms with Crippen LogP contribution in [0.1, 0.15) is 115 Å². The summed E-state index contributed by atoms with van der Waals surface area (Å²) in [5.74, 6) is -0.736. The zero-order valence-electron chi connectivity index (χ0n) is 23.2. The average Bonchev–Trinajstić information content (AvgIpc) is 2.91. The van der Waals surface area contributed by atoms with Crippen LogP contribution in [0.4, 0.5) is 0 Å². The molecule has 0 aliphatic carbocycles. The molecule has 4 nitrogen and oxygen atoms in total. The smallest absolute Gasteiger partial charge is 0.303 e. The Morgan fingerprint density at radius 3 is 1.54 bits per heavy atom. The molecule has 0 aliphatic rings. The lowest BCUT2D eigenvalue weighted by molar-refractivity contribution is -0.137. The van der Waals surface area contributed by atoms with Crippen LogP contribution in [0.3, 0.4) is 0 Å². The van der Waals surface area contributed by atoms with E-state index in [-0.39, 0.29) is 30.0 Å². The minimum Gasteiger partial charge on any atom is -0.481 e. The summed E-state index contributed by atoms with van der Waals surface area (Å²) in [5, 5.41) is 29.0. The Labute approximate surface area is 225 Å². The summed E-state index contributed by atoms with van der Waals surface area (Å²) >= 11 is 0. The van der Waals surface area contributed by atoms with Gasteiger partial charge in [0.25, 0.3) is 0 Å². The molecule has 0 fully saturated rings. The van der Waals surface area contributed by atoms with Gasteiger partial charge in [0.2, 0.25) is 0 Å². The van der Waals surface area contributed by atoms with Crippen LogP contribution in [-0.2, 0) is 15.6 Å². The van der Waals surface area contributed by atoms with E-state index in [1.54, 1.807) is 0 Å². The summed E-state index contributed by atoms with van der Waals surface area (Å²) in [5.41, 5.74) is 2.55. The first-order valence-corrected chi connectivity index (χ1v) is 14.4. The number of carboxylic acid groups (broad SMARTS) is 1. The molecule has 0 radical (unpaired) electrons. The van der Waals surface area contributed by atoms with Crippen molar-refractivity contribution in [2.24, 2.45) is 0 Å². The van der Waals surface area contributed by atoms with E-state index in [1.165, 1.54) is 11.1 Å². The molecule has 37 heavy (non-hydrogen) atoms. The van der Waals surface area contributed by atoms with Crippen molar-refractivity contribution < 1.29 is 20.1 Å². The van der Waals surface area contributed by atoms with Gasteiger partial charge in [0, 0.05) is 13.0 Å². The number of hydrogen-bond acceptors (Lipinski definition) is 3. The standard InChI is InChI=1S/C33H50O4/c1-32(25-15-27-34,28-16-7-3-8-17-28)23-13-5-11-20-30(35)21-12-6-14-24-33(2,26-22-31(36)37)29-18-9-4-10-19-29/h3-4,7-10,16-19,30,34-35H,5-6,11-15,20-27H2,1-2H3,(H,36,37). The summed E-state index contributed by atoms with van der Waals surface area (Å²) < 4.78 is 0. The normalized spacial score (nSPS) is 15.6. The fourth-order valence-electron chi connectivity index (χ4n) is 5.65. The minimum absolute atomic E-state index is 0.0985. The van der Waals surface area contributed by atoms with E-state index in [0.29, 0.717) is 6.42 Å². The monoisotopic (exact) mass is 510 g/mol. The van der Waals surface area contributed by atoms with Gasteiger partial charge in [0.15, 0.2) is 0 Å². The van der Waals surface area contributed by atoms with Gasteiger partial charge in [0.1, 0.15) is 0 Å². The van der Waals surface area contributed by atoms with Crippen molar-refractivity contribution in [1.29, 1.82) is 0 Å². The molecule has 0 bridgehead atoms. The number of unbranched alkanes of at least 4 members (excludes halogenated alkanes) is 4. The van der Waals surface area contributed by atoms with E-state index in [2.05, 4.69) is 56.3 Å². The van der Waals surface area contributed by atoms with E-state index in [0.717, 1.165) is 77.0 Å². The molecule has 0 heterocycles. The highest BCUT2D eigenvalue weighted by Gasteiger charge is 2.27. The Bertz CT molecular complexity index is 868. The van der Waals surface area contributed by atoms with Crippen molar-refractivity contribution >= 4 is 5.97 Å². The van der Waals surface area contributed by atoms with E-state index >= 15 is 0 Å². The largest absolute Gasteiger partial charge is 0.481 e. The van der Waals surface area contributed by atoms with Crippen molar-refractivity contribution in [2.45, 2.75) is 121 Å². The maximum atomic E-state index is 11.2. The molecule has 2 aromatic carbocycles. The van der Waals surface area contributed by atoms with Gasteiger partial charge in [-0.15, -0.1) is 0 Å². The van der Waals surface area contributed by atoms with Crippen molar-refractivity contribution in [1.82, 2.24) is 0 Å². The highest BCUT2D eigenvalue weighted by Crippen LogP contribution is 2.36. The van der Waals surface area contributed by atoms with Gasteiger partial charge in [-0.25, -0.2) is 0 Å². The molecule has 0 spiro atoms. The van der Waals surface area contributed by atoms with Gasteiger partial charge in [-0.1, -0.05) is 113 Å². The van der Waals surface area contributed by atoms with Gasteiger partial charge in [-0.2, -0.15) is 0 Å². The second kappa shape index (κ2) is 16.6. The lowest BCUT2D eigenvalue weighted by atomic mass is 9.74. The fraction of sp³-hybridized carbons (Fsp3) is 0.606. The molecule has 3 unspecified atom stereocenters. The number of hydrogen-bond donors (Lipinski definition) is 3. The van der Waals surface area contributed by atoms with Crippen LogP contribution < -0.4 is 0 Å². The van der Waals surface area contributed by atoms with Gasteiger partial charge < -0.3 is 15.3 Å². The molecule has 0 saturated heterocycles. The molecule has 0 aromatic heterocycles. The first-order chi connectivity index (χ1) is 17.8. The molecular formula is C33H50O4.